The van der Waals surface area contributed by atoms with Crippen molar-refractivity contribution >= 4 is 11.8 Å². The molecule has 1 aliphatic carbocycles. The van der Waals surface area contributed by atoms with Crippen LogP contribution in [0.1, 0.15) is 60.9 Å². The Bertz CT molecular complexity index is 1040. The van der Waals surface area contributed by atoms with Crippen molar-refractivity contribution < 1.29 is 19.1 Å². The molecule has 3 atom stereocenters. The Kier molecular flexibility index (Phi) is 6.59. The largest absolute Gasteiger partial charge is 0.481 e. The van der Waals surface area contributed by atoms with E-state index in [1.807, 2.05) is 17.0 Å². The Morgan fingerprint density at radius 3 is 2.65 bits per heavy atom. The number of nitrogens with zero attached hydrogens (tertiary/aromatic N) is 1. The highest BCUT2D eigenvalue weighted by atomic mass is 16.5. The van der Waals surface area contributed by atoms with E-state index in [9.17, 15) is 9.59 Å². The number of carbonyl (C=O) groups is 2. The summed E-state index contributed by atoms with van der Waals surface area (Å²) >= 11 is 0. The maximum Gasteiger partial charge on any atom is 0.260 e. The van der Waals surface area contributed by atoms with E-state index in [0.29, 0.717) is 12.3 Å². The molecule has 1 N–H and O–H groups in total. The number of rotatable bonds is 7. The number of carbonyl (C=O) groups excluding carboxylic acids is 2. The van der Waals surface area contributed by atoms with E-state index in [4.69, 9.17) is 9.47 Å². The second kappa shape index (κ2) is 9.79. The number of fused-ring (bicyclic) bond motifs is 1. The zero-order valence-electron chi connectivity index (χ0n) is 20.1. The van der Waals surface area contributed by atoms with E-state index in [-0.39, 0.29) is 29.9 Å². The van der Waals surface area contributed by atoms with Gasteiger partial charge in [-0.2, -0.15) is 0 Å². The van der Waals surface area contributed by atoms with Gasteiger partial charge >= 0.3 is 0 Å². The van der Waals surface area contributed by atoms with Crippen LogP contribution in [-0.2, 0) is 20.7 Å². The van der Waals surface area contributed by atoms with Crippen LogP contribution in [0.15, 0.2) is 42.5 Å². The number of hydrogen-bond acceptors (Lipinski definition) is 4. The third-order valence-electron chi connectivity index (χ3n) is 7.16. The first-order valence-electron chi connectivity index (χ1n) is 12.6. The molecule has 1 saturated carbocycles. The van der Waals surface area contributed by atoms with Gasteiger partial charge in [-0.25, -0.2) is 0 Å². The topological polar surface area (TPSA) is 67.9 Å². The molecule has 0 spiro atoms. The summed E-state index contributed by atoms with van der Waals surface area (Å²) in [6.07, 6.45) is 4.32. The SMILES string of the molecule is Cc1ccc([C@@H]2c3cc(O[C@H](C)C(=O)NC[C@H]4CCCO4)ccc3CCN2C(=O)C2CC2)cc1. The van der Waals surface area contributed by atoms with Gasteiger partial charge in [-0.1, -0.05) is 35.9 Å². The Hall–Kier alpha value is -2.86. The summed E-state index contributed by atoms with van der Waals surface area (Å²) in [7, 11) is 0. The minimum atomic E-state index is -0.620. The maximum absolute atomic E-state index is 13.2. The van der Waals surface area contributed by atoms with Gasteiger partial charge in [-0.05, 0) is 74.8 Å². The molecule has 2 heterocycles. The summed E-state index contributed by atoms with van der Waals surface area (Å²) in [5.41, 5.74) is 4.63. The fourth-order valence-corrected chi connectivity index (χ4v) is 5.00. The number of benzene rings is 2. The van der Waals surface area contributed by atoms with Crippen molar-refractivity contribution in [3.05, 3.63) is 64.7 Å². The first-order chi connectivity index (χ1) is 16.5. The van der Waals surface area contributed by atoms with Crippen molar-refractivity contribution in [3.63, 3.8) is 0 Å². The molecule has 34 heavy (non-hydrogen) atoms. The van der Waals surface area contributed by atoms with Gasteiger partial charge in [0.1, 0.15) is 5.75 Å². The number of aryl methyl sites for hydroxylation is 1. The van der Waals surface area contributed by atoms with Gasteiger partial charge in [0, 0.05) is 25.6 Å². The van der Waals surface area contributed by atoms with E-state index in [1.165, 1.54) is 11.1 Å². The molecule has 2 aliphatic heterocycles. The van der Waals surface area contributed by atoms with E-state index < -0.39 is 6.10 Å². The van der Waals surface area contributed by atoms with Crippen LogP contribution >= 0.6 is 0 Å². The third kappa shape index (κ3) is 4.97. The second-order valence-electron chi connectivity index (χ2n) is 9.87. The van der Waals surface area contributed by atoms with Crippen LogP contribution in [0.3, 0.4) is 0 Å². The molecule has 0 radical (unpaired) electrons. The minimum Gasteiger partial charge on any atom is -0.481 e. The molecule has 0 bridgehead atoms. The Labute approximate surface area is 201 Å². The first kappa shape index (κ1) is 22.9. The average Bonchev–Trinajstić information content (AvgIpc) is 3.57. The normalized spacial score (nSPS) is 22.7. The van der Waals surface area contributed by atoms with Gasteiger partial charge in [-0.15, -0.1) is 0 Å². The number of ether oxygens (including phenoxy) is 2. The third-order valence-corrected chi connectivity index (χ3v) is 7.16. The summed E-state index contributed by atoms with van der Waals surface area (Å²) < 4.78 is 11.6. The smallest absolute Gasteiger partial charge is 0.260 e. The van der Waals surface area contributed by atoms with Gasteiger partial charge in [0.15, 0.2) is 6.10 Å². The van der Waals surface area contributed by atoms with Crippen molar-refractivity contribution in [1.82, 2.24) is 10.2 Å². The monoisotopic (exact) mass is 462 g/mol. The Morgan fingerprint density at radius 1 is 1.15 bits per heavy atom. The lowest BCUT2D eigenvalue weighted by Crippen LogP contribution is -2.41. The van der Waals surface area contributed by atoms with Crippen LogP contribution < -0.4 is 10.1 Å². The van der Waals surface area contributed by atoms with Gasteiger partial charge in [0.05, 0.1) is 12.1 Å². The Morgan fingerprint density at radius 2 is 1.94 bits per heavy atom. The summed E-state index contributed by atoms with van der Waals surface area (Å²) in [6, 6.07) is 14.4. The fourth-order valence-electron chi connectivity index (χ4n) is 5.00. The van der Waals surface area contributed by atoms with Crippen molar-refractivity contribution in [1.29, 1.82) is 0 Å². The molecular formula is C28H34N2O4. The van der Waals surface area contributed by atoms with Crippen LogP contribution in [-0.4, -0.2) is 48.6 Å². The number of amides is 2. The average molecular weight is 463 g/mol. The maximum atomic E-state index is 13.2. The van der Waals surface area contributed by atoms with Gasteiger partial charge < -0.3 is 19.7 Å². The molecule has 6 heteroatoms. The van der Waals surface area contributed by atoms with Crippen molar-refractivity contribution in [3.8, 4) is 5.75 Å². The lowest BCUT2D eigenvalue weighted by atomic mass is 9.87. The van der Waals surface area contributed by atoms with Crippen LogP contribution in [0.4, 0.5) is 0 Å². The molecule has 5 rings (SSSR count). The van der Waals surface area contributed by atoms with Crippen molar-refractivity contribution in [2.24, 2.45) is 5.92 Å². The molecule has 2 fully saturated rings. The van der Waals surface area contributed by atoms with E-state index >= 15 is 0 Å². The van der Waals surface area contributed by atoms with Crippen LogP contribution in [0, 0.1) is 12.8 Å². The number of hydrogen-bond donors (Lipinski definition) is 1. The first-order valence-corrected chi connectivity index (χ1v) is 12.6. The highest BCUT2D eigenvalue weighted by Crippen LogP contribution is 2.41. The second-order valence-corrected chi connectivity index (χ2v) is 9.87. The highest BCUT2D eigenvalue weighted by molar-refractivity contribution is 5.82. The van der Waals surface area contributed by atoms with E-state index in [0.717, 1.165) is 56.4 Å². The fraction of sp³-hybridized carbons (Fsp3) is 0.500. The molecule has 180 valence electrons. The number of nitrogens with one attached hydrogen (secondary N) is 1. The van der Waals surface area contributed by atoms with Crippen LogP contribution in [0.2, 0.25) is 0 Å². The molecule has 2 aromatic carbocycles. The summed E-state index contributed by atoms with van der Waals surface area (Å²) in [6.45, 7) is 5.85. The van der Waals surface area contributed by atoms with E-state index in [2.05, 4.69) is 42.6 Å². The van der Waals surface area contributed by atoms with E-state index in [1.54, 1.807) is 6.92 Å². The standard InChI is InChI=1S/C28H34N2O4/c1-18-5-7-21(8-6-18)26-25-16-23(34-19(2)27(31)29-17-24-4-3-15-33-24)12-11-20(25)13-14-30(26)28(32)22-9-10-22/h5-8,11-12,16,19,22,24,26H,3-4,9-10,13-15,17H2,1-2H3,(H,29,31)/t19-,24-,26-/m1/s1. The lowest BCUT2D eigenvalue weighted by Gasteiger charge is -2.38. The van der Waals surface area contributed by atoms with Gasteiger partial charge in [0.25, 0.3) is 5.91 Å². The highest BCUT2D eigenvalue weighted by Gasteiger charge is 2.39. The van der Waals surface area contributed by atoms with Crippen molar-refractivity contribution in [2.75, 3.05) is 19.7 Å². The van der Waals surface area contributed by atoms with Crippen molar-refractivity contribution in [2.45, 2.75) is 64.2 Å². The summed E-state index contributed by atoms with van der Waals surface area (Å²) in [5.74, 6) is 0.927. The van der Waals surface area contributed by atoms with Gasteiger partial charge in [-0.3, -0.25) is 9.59 Å². The Balaban J connectivity index is 1.36. The zero-order chi connectivity index (χ0) is 23.7. The predicted octanol–water partition coefficient (Wildman–Crippen LogP) is 3.94. The predicted molar refractivity (Wildman–Crippen MR) is 130 cm³/mol. The van der Waals surface area contributed by atoms with Crippen LogP contribution in [0.25, 0.3) is 0 Å². The summed E-state index contributed by atoms with van der Waals surface area (Å²) in [4.78, 5) is 27.8. The van der Waals surface area contributed by atoms with Gasteiger partial charge in [0.2, 0.25) is 5.91 Å². The lowest BCUT2D eigenvalue weighted by molar-refractivity contribution is -0.134. The molecule has 0 aromatic heterocycles. The molecule has 1 saturated heterocycles. The molecular weight excluding hydrogens is 428 g/mol. The zero-order valence-corrected chi connectivity index (χ0v) is 20.1. The minimum absolute atomic E-state index is 0.102. The molecule has 0 unspecified atom stereocenters. The molecule has 2 aromatic rings. The summed E-state index contributed by atoms with van der Waals surface area (Å²) in [5, 5.41) is 2.95. The molecule has 3 aliphatic rings. The van der Waals surface area contributed by atoms with Crippen LogP contribution in [0.5, 0.6) is 5.75 Å². The molecule has 6 nitrogen and oxygen atoms in total. The molecule has 2 amide bonds. The quantitative estimate of drug-likeness (QED) is 0.677.